The van der Waals surface area contributed by atoms with Crippen LogP contribution in [0.1, 0.15) is 37.4 Å². The molecule has 0 aliphatic carbocycles. The van der Waals surface area contributed by atoms with Crippen LogP contribution in [0.5, 0.6) is 0 Å². The summed E-state index contributed by atoms with van der Waals surface area (Å²) < 4.78 is 0. The van der Waals surface area contributed by atoms with E-state index in [2.05, 4.69) is 35.2 Å². The maximum Gasteiger partial charge on any atom is 0.0897 e. The summed E-state index contributed by atoms with van der Waals surface area (Å²) in [5, 5.41) is 11.9. The van der Waals surface area contributed by atoms with Gasteiger partial charge >= 0.3 is 0 Å². The summed E-state index contributed by atoms with van der Waals surface area (Å²) in [6.45, 7) is 9.27. The van der Waals surface area contributed by atoms with Crippen molar-refractivity contribution in [3.63, 3.8) is 0 Å². The standard InChI is InChI=1S/C13H21N3S/c1-11(2)5-8-16(7-4-6-14)9-13-10-17-12(3)15-13/h10-11H,4-5,7-9H2,1-3H3. The lowest BCUT2D eigenvalue weighted by Crippen LogP contribution is -2.26. The van der Waals surface area contributed by atoms with Gasteiger partial charge in [0.05, 0.1) is 16.8 Å². The molecule has 0 saturated carbocycles. The number of nitriles is 1. The molecule has 0 aromatic carbocycles. The van der Waals surface area contributed by atoms with Crippen LogP contribution in [0.15, 0.2) is 5.38 Å². The summed E-state index contributed by atoms with van der Waals surface area (Å²) in [6.07, 6.45) is 1.77. The monoisotopic (exact) mass is 251 g/mol. The summed E-state index contributed by atoms with van der Waals surface area (Å²) in [5.74, 6) is 0.705. The summed E-state index contributed by atoms with van der Waals surface area (Å²) in [7, 11) is 0. The average Bonchev–Trinajstić information content (AvgIpc) is 2.68. The number of thiazole rings is 1. The molecule has 1 rings (SSSR count). The van der Waals surface area contributed by atoms with Crippen molar-refractivity contribution in [3.05, 3.63) is 16.1 Å². The molecule has 94 valence electrons. The van der Waals surface area contributed by atoms with E-state index in [9.17, 15) is 0 Å². The van der Waals surface area contributed by atoms with E-state index < -0.39 is 0 Å². The molecule has 17 heavy (non-hydrogen) atoms. The molecule has 4 heteroatoms. The smallest absolute Gasteiger partial charge is 0.0897 e. The highest BCUT2D eigenvalue weighted by atomic mass is 32.1. The molecular formula is C13H21N3S. The number of hydrogen-bond acceptors (Lipinski definition) is 4. The van der Waals surface area contributed by atoms with Gasteiger partial charge in [0.2, 0.25) is 0 Å². The van der Waals surface area contributed by atoms with Gasteiger partial charge < -0.3 is 0 Å². The normalized spacial score (nSPS) is 11.1. The molecule has 0 radical (unpaired) electrons. The fraction of sp³-hybridized carbons (Fsp3) is 0.692. The van der Waals surface area contributed by atoms with Crippen LogP contribution in [0.4, 0.5) is 0 Å². The summed E-state index contributed by atoms with van der Waals surface area (Å²) in [5.41, 5.74) is 1.13. The predicted octanol–water partition coefficient (Wildman–Crippen LogP) is 3.21. The van der Waals surface area contributed by atoms with Crippen molar-refractivity contribution in [2.45, 2.75) is 40.2 Å². The maximum atomic E-state index is 8.67. The third-order valence-electron chi connectivity index (χ3n) is 2.61. The number of hydrogen-bond donors (Lipinski definition) is 0. The maximum absolute atomic E-state index is 8.67. The van der Waals surface area contributed by atoms with E-state index in [4.69, 9.17) is 5.26 Å². The van der Waals surface area contributed by atoms with Crippen molar-refractivity contribution in [1.82, 2.24) is 9.88 Å². The summed E-state index contributed by atoms with van der Waals surface area (Å²) in [4.78, 5) is 6.81. The topological polar surface area (TPSA) is 39.9 Å². The molecule has 0 saturated heterocycles. The van der Waals surface area contributed by atoms with Crippen LogP contribution >= 0.6 is 11.3 Å². The summed E-state index contributed by atoms with van der Waals surface area (Å²) in [6, 6.07) is 2.22. The van der Waals surface area contributed by atoms with Crippen LogP contribution in [0.3, 0.4) is 0 Å². The Morgan fingerprint density at radius 2 is 2.24 bits per heavy atom. The third kappa shape index (κ3) is 5.81. The minimum atomic E-state index is 0.598. The minimum Gasteiger partial charge on any atom is -0.296 e. The van der Waals surface area contributed by atoms with Crippen LogP contribution in [0.2, 0.25) is 0 Å². The van der Waals surface area contributed by atoms with Crippen LogP contribution < -0.4 is 0 Å². The molecule has 1 aromatic rings. The van der Waals surface area contributed by atoms with Crippen LogP contribution in [-0.4, -0.2) is 23.0 Å². The minimum absolute atomic E-state index is 0.598. The lowest BCUT2D eigenvalue weighted by molar-refractivity contribution is 0.252. The van der Waals surface area contributed by atoms with Gasteiger partial charge in [-0.2, -0.15) is 5.26 Å². The molecule has 0 fully saturated rings. The molecule has 0 aliphatic heterocycles. The van der Waals surface area contributed by atoms with Crippen molar-refractivity contribution in [3.8, 4) is 6.07 Å². The fourth-order valence-corrected chi connectivity index (χ4v) is 2.23. The Morgan fingerprint density at radius 3 is 2.76 bits per heavy atom. The van der Waals surface area contributed by atoms with Gasteiger partial charge in [-0.1, -0.05) is 13.8 Å². The molecule has 0 amide bonds. The number of aryl methyl sites for hydroxylation is 1. The zero-order valence-electron chi connectivity index (χ0n) is 10.9. The molecule has 0 spiro atoms. The molecule has 0 atom stereocenters. The molecule has 0 aliphatic rings. The first-order valence-corrected chi connectivity index (χ1v) is 7.00. The van der Waals surface area contributed by atoms with Crippen LogP contribution in [-0.2, 0) is 6.54 Å². The van der Waals surface area contributed by atoms with Gasteiger partial charge in [-0.15, -0.1) is 11.3 Å². The Bertz CT molecular complexity index is 365. The van der Waals surface area contributed by atoms with Gasteiger partial charge in [0.1, 0.15) is 0 Å². The largest absolute Gasteiger partial charge is 0.296 e. The van der Waals surface area contributed by atoms with E-state index in [0.29, 0.717) is 12.3 Å². The van der Waals surface area contributed by atoms with Gasteiger partial charge in [0.15, 0.2) is 0 Å². The lowest BCUT2D eigenvalue weighted by atomic mass is 10.1. The van der Waals surface area contributed by atoms with E-state index in [1.54, 1.807) is 11.3 Å². The highest BCUT2D eigenvalue weighted by Crippen LogP contribution is 2.12. The first-order chi connectivity index (χ1) is 8.11. The molecule has 1 aromatic heterocycles. The second-order valence-corrected chi connectivity index (χ2v) is 5.79. The van der Waals surface area contributed by atoms with E-state index in [-0.39, 0.29) is 0 Å². The van der Waals surface area contributed by atoms with Crippen molar-refractivity contribution in [2.24, 2.45) is 5.92 Å². The molecule has 0 unspecified atom stereocenters. The summed E-state index contributed by atoms with van der Waals surface area (Å²) >= 11 is 1.69. The molecular weight excluding hydrogens is 230 g/mol. The van der Waals surface area contributed by atoms with Crippen molar-refractivity contribution >= 4 is 11.3 Å². The van der Waals surface area contributed by atoms with E-state index in [0.717, 1.165) is 30.3 Å². The fourth-order valence-electron chi connectivity index (χ4n) is 1.63. The Kier molecular flexibility index (Phi) is 6.17. The first-order valence-electron chi connectivity index (χ1n) is 6.12. The van der Waals surface area contributed by atoms with Crippen LogP contribution in [0.25, 0.3) is 0 Å². The zero-order valence-corrected chi connectivity index (χ0v) is 11.8. The van der Waals surface area contributed by atoms with Crippen LogP contribution in [0, 0.1) is 24.2 Å². The van der Waals surface area contributed by atoms with E-state index >= 15 is 0 Å². The quantitative estimate of drug-likeness (QED) is 0.747. The average molecular weight is 251 g/mol. The highest BCUT2D eigenvalue weighted by molar-refractivity contribution is 7.09. The SMILES string of the molecule is Cc1nc(CN(CCC#N)CCC(C)C)cs1. The van der Waals surface area contributed by atoms with Gasteiger partial charge in [-0.3, -0.25) is 4.90 Å². The van der Waals surface area contributed by atoms with Crippen molar-refractivity contribution < 1.29 is 0 Å². The van der Waals surface area contributed by atoms with Crippen molar-refractivity contribution in [2.75, 3.05) is 13.1 Å². The molecule has 0 N–H and O–H groups in total. The Balaban J connectivity index is 2.47. The number of nitrogens with zero attached hydrogens (tertiary/aromatic N) is 3. The highest BCUT2D eigenvalue weighted by Gasteiger charge is 2.08. The lowest BCUT2D eigenvalue weighted by Gasteiger charge is -2.21. The Labute approximate surface area is 108 Å². The Morgan fingerprint density at radius 1 is 1.47 bits per heavy atom. The zero-order chi connectivity index (χ0) is 12.7. The van der Waals surface area contributed by atoms with E-state index in [1.807, 2.05) is 6.92 Å². The van der Waals surface area contributed by atoms with Crippen molar-refractivity contribution in [1.29, 1.82) is 5.26 Å². The second-order valence-electron chi connectivity index (χ2n) is 4.72. The van der Waals surface area contributed by atoms with Gasteiger partial charge in [0, 0.05) is 24.9 Å². The Hall–Kier alpha value is -0.920. The van der Waals surface area contributed by atoms with Gasteiger partial charge in [0.25, 0.3) is 0 Å². The molecule has 0 bridgehead atoms. The van der Waals surface area contributed by atoms with Gasteiger partial charge in [-0.25, -0.2) is 4.98 Å². The van der Waals surface area contributed by atoms with E-state index in [1.165, 1.54) is 6.42 Å². The third-order valence-corrected chi connectivity index (χ3v) is 3.44. The predicted molar refractivity (Wildman–Crippen MR) is 71.8 cm³/mol. The molecule has 1 heterocycles. The van der Waals surface area contributed by atoms with Gasteiger partial charge in [-0.05, 0) is 25.8 Å². The number of rotatable bonds is 7. The second kappa shape index (κ2) is 7.41. The first kappa shape index (κ1) is 14.1. The number of aromatic nitrogens is 1. The molecule has 3 nitrogen and oxygen atoms in total.